The van der Waals surface area contributed by atoms with Crippen LogP contribution >= 0.6 is 22.6 Å². The molecule has 1 aromatic heterocycles. The van der Waals surface area contributed by atoms with Crippen molar-refractivity contribution in [2.24, 2.45) is 5.10 Å². The van der Waals surface area contributed by atoms with E-state index in [1.807, 2.05) is 13.0 Å². The molecule has 0 aliphatic rings. The summed E-state index contributed by atoms with van der Waals surface area (Å²) in [4.78, 5) is 12.0. The van der Waals surface area contributed by atoms with Crippen LogP contribution in [0.15, 0.2) is 53.6 Å². The van der Waals surface area contributed by atoms with Gasteiger partial charge in [0.2, 0.25) is 0 Å². The van der Waals surface area contributed by atoms with E-state index in [2.05, 4.69) is 69.7 Å². The first-order valence-electron chi connectivity index (χ1n) is 9.43. The highest BCUT2D eigenvalue weighted by Gasteiger charge is 2.10. The van der Waals surface area contributed by atoms with Gasteiger partial charge in [0.1, 0.15) is 11.5 Å². The van der Waals surface area contributed by atoms with Crippen LogP contribution in [-0.4, -0.2) is 30.4 Å². The van der Waals surface area contributed by atoms with Crippen molar-refractivity contribution < 1.29 is 14.3 Å². The van der Waals surface area contributed by atoms with Gasteiger partial charge in [-0.15, -0.1) is 0 Å². The monoisotopic (exact) mass is 517 g/mol. The van der Waals surface area contributed by atoms with Crippen LogP contribution in [0.5, 0.6) is 11.5 Å². The van der Waals surface area contributed by atoms with Crippen molar-refractivity contribution in [1.29, 1.82) is 0 Å². The van der Waals surface area contributed by atoms with Crippen LogP contribution in [-0.2, 0) is 4.79 Å². The molecule has 2 aromatic carbocycles. The highest BCUT2D eigenvalue weighted by Crippen LogP contribution is 2.22. The number of amides is 1. The van der Waals surface area contributed by atoms with Gasteiger partial charge in [0.15, 0.2) is 6.61 Å². The van der Waals surface area contributed by atoms with Crippen LogP contribution in [0.1, 0.15) is 22.5 Å². The molecule has 7 heteroatoms. The lowest BCUT2D eigenvalue weighted by Gasteiger charge is -2.11. The highest BCUT2D eigenvalue weighted by atomic mass is 127. The summed E-state index contributed by atoms with van der Waals surface area (Å²) < 4.78 is 14.0. The highest BCUT2D eigenvalue weighted by molar-refractivity contribution is 14.1. The third kappa shape index (κ3) is 5.21. The summed E-state index contributed by atoms with van der Waals surface area (Å²) >= 11 is 2.33. The van der Waals surface area contributed by atoms with E-state index >= 15 is 0 Å². The number of carbonyl (C=O) groups excluding carboxylic acids is 1. The molecule has 156 valence electrons. The molecule has 0 aliphatic heterocycles. The lowest BCUT2D eigenvalue weighted by molar-refractivity contribution is -0.123. The fraction of sp³-hybridized carbons (Fsp3) is 0.217. The molecule has 0 unspecified atom stereocenters. The van der Waals surface area contributed by atoms with Crippen LogP contribution < -0.4 is 14.9 Å². The topological polar surface area (TPSA) is 64.8 Å². The number of halogens is 1. The van der Waals surface area contributed by atoms with Crippen molar-refractivity contribution in [3.63, 3.8) is 0 Å². The Morgan fingerprint density at radius 2 is 1.80 bits per heavy atom. The standard InChI is InChI=1S/C23H24IN3O3/c1-15-11-19(5-10-22(15)24)27-16(2)12-18(17(27)3)13-25-26-23(28)14-30-21-8-6-20(29-4)7-9-21/h5-13H,14H2,1-4H3,(H,26,28)/b25-13+. The van der Waals surface area contributed by atoms with E-state index in [1.165, 1.54) is 9.13 Å². The average Bonchev–Trinajstić information content (AvgIpc) is 3.02. The molecule has 1 amide bonds. The summed E-state index contributed by atoms with van der Waals surface area (Å²) in [6, 6.07) is 15.5. The number of methoxy groups -OCH3 is 1. The summed E-state index contributed by atoms with van der Waals surface area (Å²) in [6.45, 7) is 6.07. The van der Waals surface area contributed by atoms with Crippen LogP contribution in [0.4, 0.5) is 0 Å². The van der Waals surface area contributed by atoms with Crippen molar-refractivity contribution in [1.82, 2.24) is 9.99 Å². The molecule has 3 rings (SSSR count). The van der Waals surface area contributed by atoms with Gasteiger partial charge in [0.25, 0.3) is 5.91 Å². The summed E-state index contributed by atoms with van der Waals surface area (Å²) in [5, 5.41) is 4.08. The van der Waals surface area contributed by atoms with Crippen molar-refractivity contribution in [3.05, 3.63) is 74.6 Å². The number of aryl methyl sites for hydroxylation is 2. The molecule has 0 spiro atoms. The second-order valence-corrected chi connectivity index (χ2v) is 8.01. The molecule has 1 N–H and O–H groups in total. The van der Waals surface area contributed by atoms with Crippen molar-refractivity contribution in [2.75, 3.05) is 13.7 Å². The van der Waals surface area contributed by atoms with Gasteiger partial charge in [-0.25, -0.2) is 5.43 Å². The zero-order valence-corrected chi connectivity index (χ0v) is 19.6. The molecule has 0 fully saturated rings. The third-order valence-corrected chi connectivity index (χ3v) is 5.90. The molecular weight excluding hydrogens is 493 g/mol. The number of nitrogens with zero attached hydrogens (tertiary/aromatic N) is 2. The Balaban J connectivity index is 1.61. The summed E-state index contributed by atoms with van der Waals surface area (Å²) in [6.07, 6.45) is 1.66. The van der Waals surface area contributed by atoms with Crippen LogP contribution in [0, 0.1) is 24.3 Å². The minimum Gasteiger partial charge on any atom is -0.497 e. The fourth-order valence-corrected chi connectivity index (χ4v) is 3.45. The normalized spacial score (nSPS) is 11.0. The van der Waals surface area contributed by atoms with Gasteiger partial charge in [-0.05, 0) is 97.5 Å². The van der Waals surface area contributed by atoms with Gasteiger partial charge in [-0.2, -0.15) is 5.10 Å². The van der Waals surface area contributed by atoms with Crippen LogP contribution in [0.25, 0.3) is 5.69 Å². The predicted octanol–water partition coefficient (Wildman–Crippen LogP) is 4.54. The second-order valence-electron chi connectivity index (χ2n) is 6.85. The largest absolute Gasteiger partial charge is 0.497 e. The number of hydrazone groups is 1. The number of rotatable bonds is 7. The van der Waals surface area contributed by atoms with E-state index in [1.54, 1.807) is 37.6 Å². The van der Waals surface area contributed by atoms with Gasteiger partial charge in [0, 0.05) is 26.2 Å². The molecular formula is C23H24IN3O3. The van der Waals surface area contributed by atoms with Gasteiger partial charge in [-0.1, -0.05) is 0 Å². The van der Waals surface area contributed by atoms with E-state index in [4.69, 9.17) is 9.47 Å². The van der Waals surface area contributed by atoms with Gasteiger partial charge in [0.05, 0.1) is 13.3 Å². The maximum Gasteiger partial charge on any atom is 0.277 e. The van der Waals surface area contributed by atoms with Crippen molar-refractivity contribution >= 4 is 34.7 Å². The number of benzene rings is 2. The molecule has 6 nitrogen and oxygen atoms in total. The first-order chi connectivity index (χ1) is 14.4. The van der Waals surface area contributed by atoms with Gasteiger partial charge < -0.3 is 14.0 Å². The first-order valence-corrected chi connectivity index (χ1v) is 10.5. The summed E-state index contributed by atoms with van der Waals surface area (Å²) in [7, 11) is 1.60. The van der Waals surface area contributed by atoms with Crippen LogP contribution in [0.2, 0.25) is 0 Å². The second kappa shape index (κ2) is 9.80. The maximum absolute atomic E-state index is 12.0. The fourth-order valence-electron chi connectivity index (χ4n) is 3.11. The number of hydrogen-bond acceptors (Lipinski definition) is 4. The predicted molar refractivity (Wildman–Crippen MR) is 127 cm³/mol. The van der Waals surface area contributed by atoms with Gasteiger partial charge in [-0.3, -0.25) is 4.79 Å². The number of ether oxygens (including phenoxy) is 2. The lowest BCUT2D eigenvalue weighted by atomic mass is 10.2. The Morgan fingerprint density at radius 1 is 1.10 bits per heavy atom. The quantitative estimate of drug-likeness (QED) is 0.284. The smallest absolute Gasteiger partial charge is 0.277 e. The van der Waals surface area contributed by atoms with E-state index in [-0.39, 0.29) is 12.5 Å². The lowest BCUT2D eigenvalue weighted by Crippen LogP contribution is -2.24. The Hall–Kier alpha value is -2.81. The molecule has 1 heterocycles. The van der Waals surface area contributed by atoms with E-state index < -0.39 is 0 Å². The number of hydrogen-bond donors (Lipinski definition) is 1. The number of carbonyl (C=O) groups is 1. The molecule has 0 saturated carbocycles. The molecule has 0 atom stereocenters. The SMILES string of the molecule is COc1ccc(OCC(=O)N/N=C/c2cc(C)n(-c3ccc(I)c(C)c3)c2C)cc1. The maximum atomic E-state index is 12.0. The van der Waals surface area contributed by atoms with Crippen molar-refractivity contribution in [3.8, 4) is 17.2 Å². The Kier molecular flexibility index (Phi) is 7.15. The summed E-state index contributed by atoms with van der Waals surface area (Å²) in [5.74, 6) is 0.991. The van der Waals surface area contributed by atoms with Crippen LogP contribution in [0.3, 0.4) is 0 Å². The minimum atomic E-state index is -0.330. The molecule has 30 heavy (non-hydrogen) atoms. The van der Waals surface area contributed by atoms with E-state index in [0.29, 0.717) is 5.75 Å². The van der Waals surface area contributed by atoms with Gasteiger partial charge >= 0.3 is 0 Å². The Labute approximate surface area is 190 Å². The van der Waals surface area contributed by atoms with E-state index in [9.17, 15) is 4.79 Å². The van der Waals surface area contributed by atoms with Crippen molar-refractivity contribution in [2.45, 2.75) is 20.8 Å². The zero-order chi connectivity index (χ0) is 21.7. The first kappa shape index (κ1) is 21.9. The molecule has 0 radical (unpaired) electrons. The Bertz CT molecular complexity index is 1070. The molecule has 3 aromatic rings. The zero-order valence-electron chi connectivity index (χ0n) is 17.4. The third-order valence-electron chi connectivity index (χ3n) is 4.69. The summed E-state index contributed by atoms with van der Waals surface area (Å²) in [5.41, 5.74) is 7.95. The number of nitrogens with one attached hydrogen (secondary N) is 1. The Morgan fingerprint density at radius 3 is 2.47 bits per heavy atom. The molecule has 0 saturated heterocycles. The molecule has 0 aliphatic carbocycles. The minimum absolute atomic E-state index is 0.120. The average molecular weight is 517 g/mol. The van der Waals surface area contributed by atoms with E-state index in [0.717, 1.165) is 28.4 Å². The number of aromatic nitrogens is 1. The molecule has 0 bridgehead atoms.